The number of aryl methyl sites for hydroxylation is 1. The van der Waals surface area contributed by atoms with E-state index in [9.17, 15) is 5.11 Å². The second kappa shape index (κ2) is 4.07. The van der Waals surface area contributed by atoms with Crippen molar-refractivity contribution in [2.24, 2.45) is 0 Å². The van der Waals surface area contributed by atoms with Gasteiger partial charge in [-0.1, -0.05) is 0 Å². The van der Waals surface area contributed by atoms with E-state index in [1.807, 2.05) is 13.0 Å². The summed E-state index contributed by atoms with van der Waals surface area (Å²) in [6, 6.07) is 8.54. The van der Waals surface area contributed by atoms with Crippen LogP contribution in [-0.4, -0.2) is 24.7 Å². The van der Waals surface area contributed by atoms with Crippen molar-refractivity contribution in [2.75, 3.05) is 0 Å². The van der Waals surface area contributed by atoms with E-state index in [2.05, 4.69) is 15.1 Å². The first-order chi connectivity index (χ1) is 9.19. The molecule has 0 aromatic carbocycles. The highest BCUT2D eigenvalue weighted by Gasteiger charge is 2.11. The molecule has 0 radical (unpaired) electrons. The van der Waals surface area contributed by atoms with Gasteiger partial charge in [-0.05, 0) is 19.1 Å². The molecule has 6 nitrogen and oxygen atoms in total. The van der Waals surface area contributed by atoms with Crippen LogP contribution in [0.1, 0.15) is 11.4 Å². The highest BCUT2D eigenvalue weighted by molar-refractivity contribution is 5.67. The van der Waals surface area contributed by atoms with E-state index in [-0.39, 0.29) is 5.75 Å². The van der Waals surface area contributed by atoms with Gasteiger partial charge >= 0.3 is 0 Å². The van der Waals surface area contributed by atoms with Crippen LogP contribution in [0.15, 0.2) is 30.6 Å². The van der Waals surface area contributed by atoms with Gasteiger partial charge in [0, 0.05) is 23.4 Å². The topological polar surface area (TPSA) is 87.1 Å². The first-order valence-corrected chi connectivity index (χ1v) is 5.60. The Morgan fingerprint density at radius 3 is 2.89 bits per heavy atom. The SMILES string of the molecule is Cc1nc(C#N)ccc1-c1cc(O)cc2ncnn12. The molecule has 0 spiro atoms. The summed E-state index contributed by atoms with van der Waals surface area (Å²) < 4.78 is 1.62. The second-order valence-corrected chi connectivity index (χ2v) is 4.07. The van der Waals surface area contributed by atoms with Crippen molar-refractivity contribution in [3.8, 4) is 23.1 Å². The zero-order chi connectivity index (χ0) is 13.4. The Hall–Kier alpha value is -2.94. The fraction of sp³-hybridized carbons (Fsp3) is 0.0769. The van der Waals surface area contributed by atoms with Gasteiger partial charge in [0.25, 0.3) is 0 Å². The molecule has 92 valence electrons. The van der Waals surface area contributed by atoms with Crippen LogP contribution in [0.4, 0.5) is 0 Å². The van der Waals surface area contributed by atoms with Gasteiger partial charge in [-0.25, -0.2) is 14.5 Å². The minimum Gasteiger partial charge on any atom is -0.508 e. The van der Waals surface area contributed by atoms with Crippen molar-refractivity contribution >= 4 is 5.65 Å². The number of fused-ring (bicyclic) bond motifs is 1. The summed E-state index contributed by atoms with van der Waals surface area (Å²) in [5, 5.41) is 22.7. The lowest BCUT2D eigenvalue weighted by Crippen LogP contribution is -1.98. The molecule has 0 aliphatic carbocycles. The molecular weight excluding hydrogens is 242 g/mol. The molecule has 6 heteroatoms. The quantitative estimate of drug-likeness (QED) is 0.710. The predicted octanol–water partition coefficient (Wildman–Crippen LogP) is 1.68. The first-order valence-electron chi connectivity index (χ1n) is 5.60. The molecule has 0 saturated carbocycles. The average Bonchev–Trinajstić information content (AvgIpc) is 2.85. The Labute approximate surface area is 108 Å². The van der Waals surface area contributed by atoms with Crippen molar-refractivity contribution in [1.29, 1.82) is 5.26 Å². The third-order valence-corrected chi connectivity index (χ3v) is 2.84. The summed E-state index contributed by atoms with van der Waals surface area (Å²) in [6.45, 7) is 1.81. The molecule has 3 rings (SSSR count). The lowest BCUT2D eigenvalue weighted by Gasteiger charge is -2.08. The average molecular weight is 251 g/mol. The summed E-state index contributed by atoms with van der Waals surface area (Å²) in [4.78, 5) is 8.23. The van der Waals surface area contributed by atoms with Crippen molar-refractivity contribution in [3.63, 3.8) is 0 Å². The van der Waals surface area contributed by atoms with Gasteiger partial charge in [0.05, 0.1) is 5.69 Å². The van der Waals surface area contributed by atoms with Gasteiger partial charge in [0.15, 0.2) is 5.65 Å². The molecule has 19 heavy (non-hydrogen) atoms. The molecule has 3 heterocycles. The van der Waals surface area contributed by atoms with Gasteiger partial charge in [-0.2, -0.15) is 10.4 Å². The van der Waals surface area contributed by atoms with E-state index in [4.69, 9.17) is 5.26 Å². The monoisotopic (exact) mass is 251 g/mol. The molecule has 0 amide bonds. The number of nitrogens with zero attached hydrogens (tertiary/aromatic N) is 5. The highest BCUT2D eigenvalue weighted by atomic mass is 16.3. The van der Waals surface area contributed by atoms with Crippen LogP contribution in [0, 0.1) is 18.3 Å². The molecule has 1 N–H and O–H groups in total. The maximum absolute atomic E-state index is 9.73. The molecule has 0 saturated heterocycles. The molecule has 0 fully saturated rings. The van der Waals surface area contributed by atoms with Crippen LogP contribution in [0.25, 0.3) is 16.9 Å². The van der Waals surface area contributed by atoms with Gasteiger partial charge in [-0.3, -0.25) is 0 Å². The molecule has 0 aliphatic rings. The third kappa shape index (κ3) is 1.77. The Balaban J connectivity index is 2.30. The summed E-state index contributed by atoms with van der Waals surface area (Å²) in [6.07, 6.45) is 1.42. The van der Waals surface area contributed by atoms with Crippen LogP contribution in [-0.2, 0) is 0 Å². The minimum atomic E-state index is 0.110. The Bertz CT molecular complexity index is 816. The first kappa shape index (κ1) is 11.2. The van der Waals surface area contributed by atoms with E-state index >= 15 is 0 Å². The fourth-order valence-electron chi connectivity index (χ4n) is 2.00. The molecular formula is C13H9N5O. The molecule has 0 atom stereocenters. The highest BCUT2D eigenvalue weighted by Crippen LogP contribution is 2.26. The van der Waals surface area contributed by atoms with E-state index in [0.717, 1.165) is 5.56 Å². The predicted molar refractivity (Wildman–Crippen MR) is 67.3 cm³/mol. The fourth-order valence-corrected chi connectivity index (χ4v) is 2.00. The van der Waals surface area contributed by atoms with Crippen molar-refractivity contribution in [1.82, 2.24) is 19.6 Å². The van der Waals surface area contributed by atoms with Gasteiger partial charge in [-0.15, -0.1) is 0 Å². The smallest absolute Gasteiger partial charge is 0.159 e. The van der Waals surface area contributed by atoms with E-state index in [1.54, 1.807) is 22.7 Å². The summed E-state index contributed by atoms with van der Waals surface area (Å²) in [7, 11) is 0. The van der Waals surface area contributed by atoms with E-state index in [0.29, 0.717) is 22.7 Å². The minimum absolute atomic E-state index is 0.110. The van der Waals surface area contributed by atoms with Crippen LogP contribution in [0.5, 0.6) is 5.75 Å². The number of aromatic nitrogens is 4. The molecule has 3 aromatic rings. The van der Waals surface area contributed by atoms with Crippen molar-refractivity contribution < 1.29 is 5.11 Å². The number of rotatable bonds is 1. The second-order valence-electron chi connectivity index (χ2n) is 4.07. The number of pyridine rings is 2. The standard InChI is InChI=1S/C13H9N5O/c1-8-11(3-2-9(6-14)17-8)12-4-10(19)5-13-15-7-16-18(12)13/h2-5,7,19H,1H3. The van der Waals surface area contributed by atoms with E-state index < -0.39 is 0 Å². The normalized spacial score (nSPS) is 10.5. The summed E-state index contributed by atoms with van der Waals surface area (Å²) in [5.41, 5.74) is 3.09. The number of nitriles is 1. The van der Waals surface area contributed by atoms with E-state index in [1.165, 1.54) is 12.4 Å². The Morgan fingerprint density at radius 2 is 2.16 bits per heavy atom. The number of hydrogen-bond donors (Lipinski definition) is 1. The molecule has 0 bridgehead atoms. The third-order valence-electron chi connectivity index (χ3n) is 2.84. The number of aromatic hydroxyl groups is 1. The molecule has 0 aliphatic heterocycles. The van der Waals surface area contributed by atoms with Crippen LogP contribution in [0.3, 0.4) is 0 Å². The maximum atomic E-state index is 9.73. The Kier molecular flexibility index (Phi) is 2.39. The summed E-state index contributed by atoms with van der Waals surface area (Å²) in [5.74, 6) is 0.110. The molecule has 3 aromatic heterocycles. The van der Waals surface area contributed by atoms with Crippen LogP contribution in [0.2, 0.25) is 0 Å². The zero-order valence-electron chi connectivity index (χ0n) is 10.1. The maximum Gasteiger partial charge on any atom is 0.159 e. The lowest BCUT2D eigenvalue weighted by atomic mass is 10.1. The lowest BCUT2D eigenvalue weighted by molar-refractivity contribution is 0.475. The van der Waals surface area contributed by atoms with Gasteiger partial charge in [0.1, 0.15) is 23.8 Å². The zero-order valence-corrected chi connectivity index (χ0v) is 10.1. The number of hydrogen-bond acceptors (Lipinski definition) is 5. The van der Waals surface area contributed by atoms with Crippen LogP contribution < -0.4 is 0 Å². The van der Waals surface area contributed by atoms with Gasteiger partial charge in [0.2, 0.25) is 0 Å². The van der Waals surface area contributed by atoms with Gasteiger partial charge < -0.3 is 5.11 Å². The van der Waals surface area contributed by atoms with Crippen molar-refractivity contribution in [2.45, 2.75) is 6.92 Å². The largest absolute Gasteiger partial charge is 0.508 e. The van der Waals surface area contributed by atoms with Crippen molar-refractivity contribution in [3.05, 3.63) is 42.0 Å². The Morgan fingerprint density at radius 1 is 1.32 bits per heavy atom. The summed E-state index contributed by atoms with van der Waals surface area (Å²) >= 11 is 0. The molecule has 0 unspecified atom stereocenters. The van der Waals surface area contributed by atoms with Crippen LogP contribution >= 0.6 is 0 Å².